The summed E-state index contributed by atoms with van der Waals surface area (Å²) in [5.41, 5.74) is 4.45. The SMILES string of the molecule is Cc1ccc(C)c(-c2nonc2NC(=O)COc2ccccc2C)c1. The van der Waals surface area contributed by atoms with E-state index in [1.165, 1.54) is 0 Å². The van der Waals surface area contributed by atoms with E-state index in [2.05, 4.69) is 15.6 Å². The maximum atomic E-state index is 12.2. The molecule has 0 saturated heterocycles. The van der Waals surface area contributed by atoms with Crippen LogP contribution < -0.4 is 10.1 Å². The highest BCUT2D eigenvalue weighted by Gasteiger charge is 2.17. The van der Waals surface area contributed by atoms with E-state index in [4.69, 9.17) is 9.37 Å². The molecule has 3 aromatic rings. The summed E-state index contributed by atoms with van der Waals surface area (Å²) in [6.45, 7) is 5.76. The van der Waals surface area contributed by atoms with Crippen molar-refractivity contribution in [1.82, 2.24) is 10.3 Å². The van der Waals surface area contributed by atoms with Gasteiger partial charge in [-0.25, -0.2) is 4.63 Å². The number of hydrogen-bond acceptors (Lipinski definition) is 5. The molecule has 0 atom stereocenters. The molecule has 2 aromatic carbocycles. The quantitative estimate of drug-likeness (QED) is 0.768. The van der Waals surface area contributed by atoms with Crippen molar-refractivity contribution in [3.8, 4) is 17.0 Å². The third-order valence-corrected chi connectivity index (χ3v) is 3.85. The molecular weight excluding hydrogens is 318 g/mol. The van der Waals surface area contributed by atoms with Crippen molar-refractivity contribution in [2.75, 3.05) is 11.9 Å². The monoisotopic (exact) mass is 337 g/mol. The molecule has 0 unspecified atom stereocenters. The van der Waals surface area contributed by atoms with Crippen LogP contribution in [0.5, 0.6) is 5.75 Å². The van der Waals surface area contributed by atoms with Crippen LogP contribution in [0.2, 0.25) is 0 Å². The zero-order valence-electron chi connectivity index (χ0n) is 14.4. The molecule has 0 spiro atoms. The number of carbonyl (C=O) groups is 1. The molecule has 6 heteroatoms. The Morgan fingerprint density at radius 2 is 1.88 bits per heavy atom. The van der Waals surface area contributed by atoms with E-state index in [-0.39, 0.29) is 18.3 Å². The summed E-state index contributed by atoms with van der Waals surface area (Å²) in [4.78, 5) is 12.2. The molecule has 1 amide bonds. The Hall–Kier alpha value is -3.15. The van der Waals surface area contributed by atoms with Crippen molar-refractivity contribution in [2.24, 2.45) is 0 Å². The number of para-hydroxylation sites is 1. The number of benzene rings is 2. The fourth-order valence-electron chi connectivity index (χ4n) is 2.47. The van der Waals surface area contributed by atoms with Gasteiger partial charge < -0.3 is 10.1 Å². The fraction of sp³-hybridized carbons (Fsp3) is 0.211. The maximum absolute atomic E-state index is 12.2. The summed E-state index contributed by atoms with van der Waals surface area (Å²) in [7, 11) is 0. The highest BCUT2D eigenvalue weighted by molar-refractivity contribution is 5.94. The number of aryl methyl sites for hydroxylation is 3. The number of rotatable bonds is 5. The average molecular weight is 337 g/mol. The lowest BCUT2D eigenvalue weighted by molar-refractivity contribution is -0.118. The molecule has 0 aliphatic heterocycles. The normalized spacial score (nSPS) is 10.5. The second-order valence-corrected chi connectivity index (χ2v) is 5.88. The van der Waals surface area contributed by atoms with Crippen LogP contribution in [0.15, 0.2) is 47.1 Å². The topological polar surface area (TPSA) is 77.3 Å². The first-order chi connectivity index (χ1) is 12.0. The van der Waals surface area contributed by atoms with Crippen LogP contribution in [0.25, 0.3) is 11.3 Å². The molecule has 6 nitrogen and oxygen atoms in total. The molecule has 1 heterocycles. The number of carbonyl (C=O) groups excluding carboxylic acids is 1. The Morgan fingerprint density at radius 3 is 2.68 bits per heavy atom. The minimum atomic E-state index is -0.328. The first-order valence-corrected chi connectivity index (χ1v) is 7.93. The molecule has 0 aliphatic rings. The van der Waals surface area contributed by atoms with Crippen molar-refractivity contribution in [1.29, 1.82) is 0 Å². The fourth-order valence-corrected chi connectivity index (χ4v) is 2.47. The Morgan fingerprint density at radius 1 is 1.08 bits per heavy atom. The molecule has 1 N–H and O–H groups in total. The molecule has 0 saturated carbocycles. The molecular formula is C19H19N3O3. The van der Waals surface area contributed by atoms with Crippen LogP contribution in [0, 0.1) is 20.8 Å². The lowest BCUT2D eigenvalue weighted by atomic mass is 10.0. The van der Waals surface area contributed by atoms with Gasteiger partial charge in [0, 0.05) is 5.56 Å². The van der Waals surface area contributed by atoms with Crippen LogP contribution in [0.1, 0.15) is 16.7 Å². The lowest BCUT2D eigenvalue weighted by Gasteiger charge is -2.09. The van der Waals surface area contributed by atoms with E-state index in [1.807, 2.05) is 63.2 Å². The average Bonchev–Trinajstić information content (AvgIpc) is 3.04. The first kappa shape index (κ1) is 16.7. The minimum Gasteiger partial charge on any atom is -0.483 e. The van der Waals surface area contributed by atoms with Gasteiger partial charge in [0.25, 0.3) is 5.91 Å². The number of anilines is 1. The van der Waals surface area contributed by atoms with Gasteiger partial charge >= 0.3 is 0 Å². The van der Waals surface area contributed by atoms with Crippen molar-refractivity contribution < 1.29 is 14.2 Å². The van der Waals surface area contributed by atoms with E-state index in [9.17, 15) is 4.79 Å². The van der Waals surface area contributed by atoms with Gasteiger partial charge in [0.15, 0.2) is 12.3 Å². The van der Waals surface area contributed by atoms with E-state index < -0.39 is 0 Å². The Bertz CT molecular complexity index is 902. The third kappa shape index (κ3) is 3.85. The molecule has 25 heavy (non-hydrogen) atoms. The van der Waals surface area contributed by atoms with Crippen molar-refractivity contribution in [2.45, 2.75) is 20.8 Å². The van der Waals surface area contributed by atoms with Gasteiger partial charge in [0.2, 0.25) is 5.82 Å². The third-order valence-electron chi connectivity index (χ3n) is 3.85. The minimum absolute atomic E-state index is 0.121. The van der Waals surface area contributed by atoms with E-state index in [0.29, 0.717) is 11.4 Å². The number of aromatic nitrogens is 2. The van der Waals surface area contributed by atoms with E-state index in [0.717, 1.165) is 22.3 Å². The van der Waals surface area contributed by atoms with Gasteiger partial charge in [-0.15, -0.1) is 0 Å². The van der Waals surface area contributed by atoms with Gasteiger partial charge in [-0.1, -0.05) is 35.9 Å². The second kappa shape index (κ2) is 7.17. The summed E-state index contributed by atoms with van der Waals surface area (Å²) in [6.07, 6.45) is 0. The summed E-state index contributed by atoms with van der Waals surface area (Å²) in [5.74, 6) is 0.628. The molecule has 3 rings (SSSR count). The van der Waals surface area contributed by atoms with E-state index in [1.54, 1.807) is 0 Å². The van der Waals surface area contributed by atoms with Crippen LogP contribution in [-0.2, 0) is 4.79 Å². The predicted molar refractivity (Wildman–Crippen MR) is 94.5 cm³/mol. The van der Waals surface area contributed by atoms with Crippen molar-refractivity contribution in [3.63, 3.8) is 0 Å². The molecule has 0 radical (unpaired) electrons. The zero-order valence-corrected chi connectivity index (χ0v) is 14.4. The van der Waals surface area contributed by atoms with Crippen molar-refractivity contribution >= 4 is 11.7 Å². The predicted octanol–water partition coefficient (Wildman–Crippen LogP) is 3.68. The number of nitrogens with one attached hydrogen (secondary N) is 1. The largest absolute Gasteiger partial charge is 0.483 e. The number of amides is 1. The van der Waals surface area contributed by atoms with Gasteiger partial charge in [-0.2, -0.15) is 0 Å². The molecule has 1 aromatic heterocycles. The highest BCUT2D eigenvalue weighted by atomic mass is 16.6. The van der Waals surface area contributed by atoms with Gasteiger partial charge in [-0.3, -0.25) is 4.79 Å². The van der Waals surface area contributed by atoms with Crippen LogP contribution in [0.4, 0.5) is 5.82 Å². The van der Waals surface area contributed by atoms with Gasteiger partial charge in [-0.05, 0) is 54.3 Å². The first-order valence-electron chi connectivity index (χ1n) is 7.93. The highest BCUT2D eigenvalue weighted by Crippen LogP contribution is 2.28. The summed E-state index contributed by atoms with van der Waals surface area (Å²) >= 11 is 0. The van der Waals surface area contributed by atoms with Crippen LogP contribution in [-0.4, -0.2) is 22.8 Å². The molecule has 0 aliphatic carbocycles. The number of nitrogens with zero attached hydrogens (tertiary/aromatic N) is 2. The Balaban J connectivity index is 1.72. The van der Waals surface area contributed by atoms with Gasteiger partial charge in [0.05, 0.1) is 0 Å². The Kier molecular flexibility index (Phi) is 4.79. The van der Waals surface area contributed by atoms with Crippen molar-refractivity contribution in [3.05, 3.63) is 59.2 Å². The molecule has 128 valence electrons. The lowest BCUT2D eigenvalue weighted by Crippen LogP contribution is -2.21. The number of hydrogen-bond donors (Lipinski definition) is 1. The standard InChI is InChI=1S/C19H19N3O3/c1-12-8-9-13(2)15(10-12)18-19(22-25-21-18)20-17(23)11-24-16-7-5-4-6-14(16)3/h4-10H,11H2,1-3H3,(H,20,22,23). The molecule has 0 bridgehead atoms. The summed E-state index contributed by atoms with van der Waals surface area (Å²) in [5, 5.41) is 10.4. The second-order valence-electron chi connectivity index (χ2n) is 5.88. The van der Waals surface area contributed by atoms with Crippen LogP contribution >= 0.6 is 0 Å². The smallest absolute Gasteiger partial charge is 0.263 e. The number of ether oxygens (including phenoxy) is 1. The zero-order chi connectivity index (χ0) is 17.8. The summed E-state index contributed by atoms with van der Waals surface area (Å²) < 4.78 is 10.4. The summed E-state index contributed by atoms with van der Waals surface area (Å²) in [6, 6.07) is 13.5. The van der Waals surface area contributed by atoms with Gasteiger partial charge in [0.1, 0.15) is 5.75 Å². The van der Waals surface area contributed by atoms with Crippen LogP contribution in [0.3, 0.4) is 0 Å². The van der Waals surface area contributed by atoms with E-state index >= 15 is 0 Å². The Labute approximate surface area is 145 Å². The maximum Gasteiger partial charge on any atom is 0.263 e. The molecule has 0 fully saturated rings.